The van der Waals surface area contributed by atoms with Crippen LogP contribution in [0.4, 0.5) is 17.1 Å². The number of nitrogen functional groups attached to an aromatic ring is 1. The third-order valence-electron chi connectivity index (χ3n) is 3.44. The van der Waals surface area contributed by atoms with Crippen molar-refractivity contribution in [3.8, 4) is 0 Å². The van der Waals surface area contributed by atoms with Gasteiger partial charge in [-0.1, -0.05) is 13.8 Å². The van der Waals surface area contributed by atoms with Crippen LogP contribution in [0.1, 0.15) is 25.8 Å². The van der Waals surface area contributed by atoms with E-state index in [4.69, 9.17) is 5.73 Å². The van der Waals surface area contributed by atoms with Crippen LogP contribution < -0.4 is 16.4 Å². The number of nitrogens with one attached hydrogen (secondary N) is 2. The molecule has 1 aliphatic rings. The summed E-state index contributed by atoms with van der Waals surface area (Å²) in [5.41, 5.74) is 9.25. The summed E-state index contributed by atoms with van der Waals surface area (Å²) in [5, 5.41) is 15.8. The minimum absolute atomic E-state index is 0.0328. The highest BCUT2D eigenvalue weighted by molar-refractivity contribution is 5.95. The highest BCUT2D eigenvalue weighted by Crippen LogP contribution is 2.31. The Morgan fingerprint density at radius 2 is 2.16 bits per heavy atom. The Bertz CT molecular complexity index is 486. The van der Waals surface area contributed by atoms with Crippen LogP contribution in [-0.4, -0.2) is 23.7 Å². The molecule has 5 N–H and O–H groups in total. The van der Waals surface area contributed by atoms with Gasteiger partial charge < -0.3 is 21.5 Å². The van der Waals surface area contributed by atoms with Gasteiger partial charge in [0.2, 0.25) is 5.91 Å². The number of fused-ring (bicyclic) bond motifs is 1. The number of nitrogens with two attached hydrogens (primary N) is 1. The van der Waals surface area contributed by atoms with Crippen molar-refractivity contribution in [3.63, 3.8) is 0 Å². The molecule has 0 saturated heterocycles. The van der Waals surface area contributed by atoms with E-state index in [1.54, 1.807) is 0 Å². The molecule has 0 radical (unpaired) electrons. The molecule has 1 aromatic carbocycles. The van der Waals surface area contributed by atoms with Gasteiger partial charge in [0, 0.05) is 18.7 Å². The standard InChI is InChI=1S/C14H21N3O2/c1-8(2)13(18)7-16-12-6-11-9(5-10(12)15)3-4-14(19)17-11/h5-6,8,13,16,18H,3-4,7,15H2,1-2H3,(H,17,19). The second-order valence-corrected chi connectivity index (χ2v) is 5.34. The molecule has 0 fully saturated rings. The number of aryl methyl sites for hydroxylation is 1. The molecule has 19 heavy (non-hydrogen) atoms. The number of anilines is 3. The van der Waals surface area contributed by atoms with E-state index in [0.717, 1.165) is 23.4 Å². The number of benzene rings is 1. The van der Waals surface area contributed by atoms with Gasteiger partial charge in [0.15, 0.2) is 0 Å². The molecule has 0 aliphatic carbocycles. The largest absolute Gasteiger partial charge is 0.397 e. The number of amides is 1. The zero-order valence-electron chi connectivity index (χ0n) is 11.4. The van der Waals surface area contributed by atoms with Crippen molar-refractivity contribution in [1.29, 1.82) is 0 Å². The van der Waals surface area contributed by atoms with Crippen LogP contribution >= 0.6 is 0 Å². The van der Waals surface area contributed by atoms with Gasteiger partial charge in [0.1, 0.15) is 0 Å². The Labute approximate surface area is 113 Å². The van der Waals surface area contributed by atoms with Crippen LogP contribution in [0, 0.1) is 5.92 Å². The van der Waals surface area contributed by atoms with Gasteiger partial charge in [-0.05, 0) is 30.0 Å². The Morgan fingerprint density at radius 3 is 2.84 bits per heavy atom. The molecule has 5 nitrogen and oxygen atoms in total. The number of aliphatic hydroxyl groups is 1. The quantitative estimate of drug-likeness (QED) is 0.621. The van der Waals surface area contributed by atoms with Gasteiger partial charge in [0.25, 0.3) is 0 Å². The number of rotatable bonds is 4. The van der Waals surface area contributed by atoms with Crippen LogP contribution in [-0.2, 0) is 11.2 Å². The van der Waals surface area contributed by atoms with Crippen LogP contribution in [0.5, 0.6) is 0 Å². The number of hydrogen-bond donors (Lipinski definition) is 4. The number of carbonyl (C=O) groups excluding carboxylic acids is 1. The Balaban J connectivity index is 2.13. The Hall–Kier alpha value is -1.75. The molecule has 0 saturated carbocycles. The average molecular weight is 263 g/mol. The van der Waals surface area contributed by atoms with Crippen molar-refractivity contribution in [1.82, 2.24) is 0 Å². The van der Waals surface area contributed by atoms with E-state index < -0.39 is 6.10 Å². The van der Waals surface area contributed by atoms with E-state index in [2.05, 4.69) is 10.6 Å². The van der Waals surface area contributed by atoms with Crippen molar-refractivity contribution in [3.05, 3.63) is 17.7 Å². The van der Waals surface area contributed by atoms with Crippen molar-refractivity contribution in [2.75, 3.05) is 22.9 Å². The highest BCUT2D eigenvalue weighted by atomic mass is 16.3. The minimum atomic E-state index is -0.426. The fourth-order valence-corrected chi connectivity index (χ4v) is 2.05. The van der Waals surface area contributed by atoms with E-state index >= 15 is 0 Å². The van der Waals surface area contributed by atoms with Crippen LogP contribution in [0.25, 0.3) is 0 Å². The van der Waals surface area contributed by atoms with Crippen LogP contribution in [0.15, 0.2) is 12.1 Å². The molecule has 1 heterocycles. The second kappa shape index (κ2) is 5.48. The summed E-state index contributed by atoms with van der Waals surface area (Å²) in [7, 11) is 0. The third kappa shape index (κ3) is 3.17. The molecule has 0 aromatic heterocycles. The summed E-state index contributed by atoms with van der Waals surface area (Å²) in [4.78, 5) is 11.4. The first-order valence-corrected chi connectivity index (χ1v) is 6.61. The normalized spacial score (nSPS) is 15.9. The fourth-order valence-electron chi connectivity index (χ4n) is 2.05. The maximum atomic E-state index is 11.4. The molecular weight excluding hydrogens is 242 g/mol. The molecule has 104 valence electrons. The monoisotopic (exact) mass is 263 g/mol. The van der Waals surface area contributed by atoms with Gasteiger partial charge in [0.05, 0.1) is 17.5 Å². The summed E-state index contributed by atoms with van der Waals surface area (Å²) in [5.74, 6) is 0.219. The van der Waals surface area contributed by atoms with Crippen molar-refractivity contribution >= 4 is 23.0 Å². The predicted molar refractivity (Wildman–Crippen MR) is 77.1 cm³/mol. The van der Waals surface area contributed by atoms with Crippen molar-refractivity contribution in [2.24, 2.45) is 5.92 Å². The molecule has 1 unspecified atom stereocenters. The molecule has 1 aromatic rings. The molecule has 1 amide bonds. The zero-order valence-corrected chi connectivity index (χ0v) is 11.4. The van der Waals surface area contributed by atoms with E-state index in [1.165, 1.54) is 0 Å². The second-order valence-electron chi connectivity index (χ2n) is 5.34. The predicted octanol–water partition coefficient (Wildman–Crippen LogP) is 1.58. The summed E-state index contributed by atoms with van der Waals surface area (Å²) < 4.78 is 0. The lowest BCUT2D eigenvalue weighted by Crippen LogP contribution is -2.25. The first-order valence-electron chi connectivity index (χ1n) is 6.61. The van der Waals surface area contributed by atoms with Gasteiger partial charge in [-0.25, -0.2) is 0 Å². The average Bonchev–Trinajstić information content (AvgIpc) is 2.36. The van der Waals surface area contributed by atoms with Gasteiger partial charge in [-0.3, -0.25) is 4.79 Å². The van der Waals surface area contributed by atoms with Crippen molar-refractivity contribution < 1.29 is 9.90 Å². The Kier molecular flexibility index (Phi) is 3.95. The summed E-state index contributed by atoms with van der Waals surface area (Å²) in [6.45, 7) is 4.36. The lowest BCUT2D eigenvalue weighted by atomic mass is 10.0. The lowest BCUT2D eigenvalue weighted by Gasteiger charge is -2.21. The SMILES string of the molecule is CC(C)C(O)CNc1cc2c(cc1N)CCC(=O)N2. The van der Waals surface area contributed by atoms with E-state index in [1.807, 2.05) is 26.0 Å². The van der Waals surface area contributed by atoms with Gasteiger partial charge in [-0.15, -0.1) is 0 Å². The topological polar surface area (TPSA) is 87.4 Å². The third-order valence-corrected chi connectivity index (χ3v) is 3.44. The molecular formula is C14H21N3O2. The molecule has 1 atom stereocenters. The van der Waals surface area contributed by atoms with Gasteiger partial charge >= 0.3 is 0 Å². The molecule has 5 heteroatoms. The molecule has 2 rings (SSSR count). The number of aliphatic hydroxyl groups excluding tert-OH is 1. The van der Waals surface area contributed by atoms with Crippen LogP contribution in [0.3, 0.4) is 0 Å². The smallest absolute Gasteiger partial charge is 0.224 e. The molecule has 0 spiro atoms. The Morgan fingerprint density at radius 1 is 1.42 bits per heavy atom. The zero-order chi connectivity index (χ0) is 14.0. The first kappa shape index (κ1) is 13.7. The summed E-state index contributed by atoms with van der Waals surface area (Å²) in [6.07, 6.45) is 0.802. The summed E-state index contributed by atoms with van der Waals surface area (Å²) in [6, 6.07) is 3.73. The molecule has 0 bridgehead atoms. The van der Waals surface area contributed by atoms with E-state index in [0.29, 0.717) is 18.7 Å². The lowest BCUT2D eigenvalue weighted by molar-refractivity contribution is -0.116. The maximum absolute atomic E-state index is 11.4. The highest BCUT2D eigenvalue weighted by Gasteiger charge is 2.17. The first-order chi connectivity index (χ1) is 8.97. The van der Waals surface area contributed by atoms with Gasteiger partial charge in [-0.2, -0.15) is 0 Å². The summed E-state index contributed by atoms with van der Waals surface area (Å²) >= 11 is 0. The fraction of sp³-hybridized carbons (Fsp3) is 0.500. The number of carbonyl (C=O) groups is 1. The van der Waals surface area contributed by atoms with E-state index in [-0.39, 0.29) is 11.8 Å². The molecule has 1 aliphatic heterocycles. The minimum Gasteiger partial charge on any atom is -0.397 e. The number of hydrogen-bond acceptors (Lipinski definition) is 4. The van der Waals surface area contributed by atoms with Crippen molar-refractivity contribution in [2.45, 2.75) is 32.8 Å². The van der Waals surface area contributed by atoms with Crippen LogP contribution in [0.2, 0.25) is 0 Å². The van der Waals surface area contributed by atoms with E-state index in [9.17, 15) is 9.90 Å². The maximum Gasteiger partial charge on any atom is 0.224 e.